The highest BCUT2D eigenvalue weighted by Gasteiger charge is 2.44. The van der Waals surface area contributed by atoms with Crippen molar-refractivity contribution in [3.63, 3.8) is 0 Å². The molecule has 3 rings (SSSR count). The maximum Gasteiger partial charge on any atom is 0.459 e. The Kier molecular flexibility index (Phi) is 9.26. The van der Waals surface area contributed by atoms with Crippen molar-refractivity contribution in [1.82, 2.24) is 14.6 Å². The van der Waals surface area contributed by atoms with Crippen LogP contribution >= 0.6 is 20.0 Å². The highest BCUT2D eigenvalue weighted by molar-refractivity contribution is 7.71. The van der Waals surface area contributed by atoms with Gasteiger partial charge in [-0.15, -0.1) is 0 Å². The molecule has 0 radical (unpaired) electrons. The SMILES string of the molecule is Cc1cn([C@H]2O[C@@H](CO[P@@](=O)(N[C@@H](C)C(=O)OC(C)C)Oc3ccccc3)C(O)[C@H]2C)c(=S)[nH]c1=O. The van der Waals surface area contributed by atoms with Crippen LogP contribution in [0.2, 0.25) is 0 Å². The normalized spacial score (nSPS) is 24.3. The van der Waals surface area contributed by atoms with Crippen LogP contribution in [0.1, 0.15) is 39.5 Å². The van der Waals surface area contributed by atoms with E-state index in [4.69, 9.17) is 30.7 Å². The lowest BCUT2D eigenvalue weighted by Crippen LogP contribution is -2.37. The molecule has 198 valence electrons. The second kappa shape index (κ2) is 11.8. The van der Waals surface area contributed by atoms with Gasteiger partial charge in [-0.25, -0.2) is 4.57 Å². The first-order valence-corrected chi connectivity index (χ1v) is 13.5. The van der Waals surface area contributed by atoms with Gasteiger partial charge < -0.3 is 19.1 Å². The third-order valence-electron chi connectivity index (χ3n) is 5.54. The third kappa shape index (κ3) is 6.90. The second-order valence-corrected chi connectivity index (χ2v) is 11.0. The molecule has 1 unspecified atom stereocenters. The minimum absolute atomic E-state index is 0.147. The van der Waals surface area contributed by atoms with E-state index in [-0.39, 0.29) is 28.8 Å². The second-order valence-electron chi connectivity index (χ2n) is 8.93. The van der Waals surface area contributed by atoms with Gasteiger partial charge in [0.1, 0.15) is 24.1 Å². The number of carbonyl (C=O) groups is 1. The first-order chi connectivity index (χ1) is 16.9. The van der Waals surface area contributed by atoms with E-state index in [1.54, 1.807) is 68.8 Å². The summed E-state index contributed by atoms with van der Waals surface area (Å²) >= 11 is 5.26. The molecule has 11 nitrogen and oxygen atoms in total. The molecular weight excluding hydrogens is 509 g/mol. The fraction of sp³-hybridized carbons (Fsp3) is 0.522. The summed E-state index contributed by atoms with van der Waals surface area (Å²) in [6.07, 6.45) is -1.39. The van der Waals surface area contributed by atoms with Crippen LogP contribution in [0, 0.1) is 17.6 Å². The number of nitrogens with zero attached hydrogens (tertiary/aromatic N) is 1. The minimum atomic E-state index is -4.13. The topological polar surface area (TPSA) is 141 Å². The van der Waals surface area contributed by atoms with E-state index in [1.807, 2.05) is 0 Å². The Morgan fingerprint density at radius 1 is 1.31 bits per heavy atom. The monoisotopic (exact) mass is 541 g/mol. The lowest BCUT2D eigenvalue weighted by Gasteiger charge is -2.25. The summed E-state index contributed by atoms with van der Waals surface area (Å²) in [5.74, 6) is -0.802. The van der Waals surface area contributed by atoms with Crippen molar-refractivity contribution in [2.75, 3.05) is 6.61 Å². The molecule has 0 saturated carbocycles. The number of benzene rings is 1. The van der Waals surface area contributed by atoms with Gasteiger partial charge in [-0.3, -0.25) is 23.7 Å². The first kappa shape index (κ1) is 28.2. The summed E-state index contributed by atoms with van der Waals surface area (Å²) < 4.78 is 37.8. The van der Waals surface area contributed by atoms with Gasteiger partial charge in [-0.1, -0.05) is 25.1 Å². The highest BCUT2D eigenvalue weighted by atomic mass is 32.1. The lowest BCUT2D eigenvalue weighted by molar-refractivity contribution is -0.149. The Bertz CT molecular complexity index is 1220. The molecule has 1 aromatic carbocycles. The van der Waals surface area contributed by atoms with Gasteiger partial charge in [0.05, 0.1) is 18.8 Å². The molecule has 6 atom stereocenters. The van der Waals surface area contributed by atoms with Crippen LogP contribution in [-0.4, -0.2) is 51.6 Å². The number of carbonyl (C=O) groups excluding carboxylic acids is 1. The molecule has 2 aromatic rings. The zero-order valence-electron chi connectivity index (χ0n) is 20.7. The minimum Gasteiger partial charge on any atom is -0.462 e. The number of esters is 1. The van der Waals surface area contributed by atoms with E-state index >= 15 is 0 Å². The summed E-state index contributed by atoms with van der Waals surface area (Å²) in [5.41, 5.74) is 0.123. The number of nitrogens with one attached hydrogen (secondary N) is 2. The molecule has 0 bridgehead atoms. The van der Waals surface area contributed by atoms with Crippen LogP contribution in [-0.2, 0) is 23.4 Å². The van der Waals surface area contributed by atoms with Crippen LogP contribution < -0.4 is 15.2 Å². The van der Waals surface area contributed by atoms with Crippen molar-refractivity contribution < 1.29 is 33.0 Å². The number of aryl methyl sites for hydroxylation is 1. The number of hydrogen-bond donors (Lipinski definition) is 3. The van der Waals surface area contributed by atoms with Crippen molar-refractivity contribution in [3.05, 3.63) is 57.2 Å². The summed E-state index contributed by atoms with van der Waals surface area (Å²) in [6.45, 7) is 7.96. The summed E-state index contributed by atoms with van der Waals surface area (Å²) in [6, 6.07) is 7.33. The number of H-pyrrole nitrogens is 1. The molecule has 1 saturated heterocycles. The van der Waals surface area contributed by atoms with Crippen molar-refractivity contribution in [1.29, 1.82) is 0 Å². The van der Waals surface area contributed by atoms with Gasteiger partial charge in [0.25, 0.3) is 5.56 Å². The number of aromatic amines is 1. The number of aliphatic hydroxyl groups is 1. The van der Waals surface area contributed by atoms with Gasteiger partial charge in [-0.2, -0.15) is 5.09 Å². The Morgan fingerprint density at radius 2 is 1.97 bits per heavy atom. The van der Waals surface area contributed by atoms with Gasteiger partial charge >= 0.3 is 13.7 Å². The van der Waals surface area contributed by atoms with E-state index in [0.29, 0.717) is 5.56 Å². The molecule has 0 spiro atoms. The van der Waals surface area contributed by atoms with E-state index in [9.17, 15) is 19.3 Å². The summed E-state index contributed by atoms with van der Waals surface area (Å²) in [7, 11) is -4.13. The molecule has 1 fully saturated rings. The molecule has 36 heavy (non-hydrogen) atoms. The lowest BCUT2D eigenvalue weighted by atomic mass is 10.0. The molecule has 1 aliphatic rings. The van der Waals surface area contributed by atoms with Crippen molar-refractivity contribution in [3.8, 4) is 5.75 Å². The van der Waals surface area contributed by atoms with E-state index in [2.05, 4.69) is 10.1 Å². The fourth-order valence-electron chi connectivity index (χ4n) is 3.63. The molecule has 0 aliphatic carbocycles. The van der Waals surface area contributed by atoms with Gasteiger partial charge in [-0.05, 0) is 52.0 Å². The Labute approximate surface area is 214 Å². The van der Waals surface area contributed by atoms with Crippen LogP contribution in [0.5, 0.6) is 5.75 Å². The third-order valence-corrected chi connectivity index (χ3v) is 7.49. The van der Waals surface area contributed by atoms with Crippen LogP contribution in [0.25, 0.3) is 0 Å². The summed E-state index contributed by atoms with van der Waals surface area (Å²) in [4.78, 5) is 26.7. The summed E-state index contributed by atoms with van der Waals surface area (Å²) in [5, 5.41) is 13.4. The Hall–Kier alpha value is -2.34. The zero-order valence-corrected chi connectivity index (χ0v) is 22.5. The average Bonchev–Trinajstić information content (AvgIpc) is 3.08. The molecule has 3 N–H and O–H groups in total. The Balaban J connectivity index is 1.77. The van der Waals surface area contributed by atoms with Crippen molar-refractivity contribution in [2.24, 2.45) is 5.92 Å². The van der Waals surface area contributed by atoms with Crippen LogP contribution in [0.4, 0.5) is 0 Å². The van der Waals surface area contributed by atoms with Crippen molar-refractivity contribution >= 4 is 25.9 Å². The van der Waals surface area contributed by atoms with E-state index in [0.717, 1.165) is 0 Å². The van der Waals surface area contributed by atoms with Gasteiger partial charge in [0.2, 0.25) is 0 Å². The van der Waals surface area contributed by atoms with Gasteiger partial charge in [0.15, 0.2) is 4.77 Å². The zero-order chi connectivity index (χ0) is 26.6. The number of para-hydroxylation sites is 1. The predicted molar refractivity (Wildman–Crippen MR) is 134 cm³/mol. The average molecular weight is 542 g/mol. The molecule has 0 amide bonds. The number of rotatable bonds is 10. The molecule has 1 aromatic heterocycles. The molecule has 1 aliphatic heterocycles. The number of hydrogen-bond acceptors (Lipinski definition) is 9. The first-order valence-electron chi connectivity index (χ1n) is 11.5. The largest absolute Gasteiger partial charge is 0.462 e. The molecule has 2 heterocycles. The van der Waals surface area contributed by atoms with Crippen LogP contribution in [0.3, 0.4) is 0 Å². The fourth-order valence-corrected chi connectivity index (χ4v) is 5.38. The maximum atomic E-state index is 13.7. The number of ether oxygens (including phenoxy) is 2. The maximum absolute atomic E-state index is 13.7. The predicted octanol–water partition coefficient (Wildman–Crippen LogP) is 3.24. The molecule has 13 heteroatoms. The van der Waals surface area contributed by atoms with Crippen molar-refractivity contribution in [2.45, 2.75) is 65.2 Å². The smallest absolute Gasteiger partial charge is 0.459 e. The van der Waals surface area contributed by atoms with Gasteiger partial charge in [0, 0.05) is 17.7 Å². The standard InChI is InChI=1S/C23H32N3O8PS/c1-13(2)32-22(29)16(5)25-35(30,34-17-9-7-6-8-10-17)31-12-18-19(27)15(4)21(33-18)26-11-14(3)20(28)24-23(26)36/h6-11,13,15-16,18-19,21,27H,12H2,1-5H3,(H,25,30)(H,24,28,36)/t15-,16+,18+,19?,21+,35+/m1/s1. The van der Waals surface area contributed by atoms with Crippen LogP contribution in [0.15, 0.2) is 41.3 Å². The highest BCUT2D eigenvalue weighted by Crippen LogP contribution is 2.46. The molecular formula is C23H32N3O8PS. The van der Waals surface area contributed by atoms with E-state index < -0.39 is 44.1 Å². The number of aromatic nitrogens is 2. The Morgan fingerprint density at radius 3 is 2.61 bits per heavy atom. The quantitative estimate of drug-likeness (QED) is 0.233. The number of aliphatic hydroxyl groups excluding tert-OH is 1. The van der Waals surface area contributed by atoms with E-state index in [1.165, 1.54) is 6.92 Å².